The monoisotopic (exact) mass is 545 g/mol. The number of hydrogen-bond acceptors (Lipinski definition) is 4. The van der Waals surface area contributed by atoms with E-state index < -0.39 is 23.3 Å². The normalized spacial score (nSPS) is 14.7. The van der Waals surface area contributed by atoms with Crippen LogP contribution in [0.3, 0.4) is 0 Å². The lowest BCUT2D eigenvalue weighted by Gasteiger charge is -2.29. The molecule has 1 aromatic carbocycles. The summed E-state index contributed by atoms with van der Waals surface area (Å²) in [6.07, 6.45) is 0.844. The van der Waals surface area contributed by atoms with Crippen molar-refractivity contribution in [2.24, 2.45) is 7.05 Å². The van der Waals surface area contributed by atoms with Gasteiger partial charge in [-0.25, -0.2) is 9.07 Å². The first-order chi connectivity index (χ1) is 18.3. The number of benzene rings is 1. The Bertz CT molecular complexity index is 1330. The highest BCUT2D eigenvalue weighted by Crippen LogP contribution is 2.42. The van der Waals surface area contributed by atoms with Crippen molar-refractivity contribution in [3.05, 3.63) is 76.0 Å². The first kappa shape index (κ1) is 28.8. The van der Waals surface area contributed by atoms with Crippen LogP contribution in [0.5, 0.6) is 5.88 Å². The second-order valence-electron chi connectivity index (χ2n) is 11.0. The van der Waals surface area contributed by atoms with Crippen LogP contribution in [0.25, 0.3) is 0 Å². The number of fused-ring (bicyclic) bond motifs is 1. The number of ether oxygens (including phenoxy) is 1. The number of aryl methyl sites for hydroxylation is 3. The number of carbonyl (C=O) groups is 1. The smallest absolute Gasteiger partial charge is 0.397 e. The first-order valence-corrected chi connectivity index (χ1v) is 13.3. The Hall–Kier alpha value is -3.23. The Labute approximate surface area is 226 Å². The molecule has 9 heteroatoms. The molecule has 0 saturated carbocycles. The van der Waals surface area contributed by atoms with Crippen LogP contribution in [0.1, 0.15) is 79.7 Å². The van der Waals surface area contributed by atoms with Gasteiger partial charge in [-0.3, -0.25) is 4.98 Å². The van der Waals surface area contributed by atoms with Crippen molar-refractivity contribution in [3.63, 3.8) is 0 Å². The lowest BCUT2D eigenvalue weighted by Crippen LogP contribution is -2.36. The SMILES string of the molecule is CC(=O)CC(Cc1cc(OCCc2ccc3c(n2)CCCC3)n(C)n1)c1cc(F)cc(C(C)(C)C(F)(F)F)c1. The molecule has 39 heavy (non-hydrogen) atoms. The maximum atomic E-state index is 14.5. The summed E-state index contributed by atoms with van der Waals surface area (Å²) in [5.41, 5.74) is 1.99. The summed E-state index contributed by atoms with van der Waals surface area (Å²) in [6.45, 7) is 3.86. The van der Waals surface area contributed by atoms with E-state index in [9.17, 15) is 22.4 Å². The fraction of sp³-hybridized carbons (Fsp3) is 0.500. The Kier molecular flexibility index (Phi) is 8.47. The van der Waals surface area contributed by atoms with Crippen molar-refractivity contribution in [1.82, 2.24) is 14.8 Å². The summed E-state index contributed by atoms with van der Waals surface area (Å²) in [5, 5.41) is 4.49. The van der Waals surface area contributed by atoms with Crippen LogP contribution >= 0.6 is 0 Å². The molecule has 210 valence electrons. The van der Waals surface area contributed by atoms with Crippen molar-refractivity contribution < 1.29 is 27.1 Å². The third kappa shape index (κ3) is 6.86. The van der Waals surface area contributed by atoms with Gasteiger partial charge in [-0.1, -0.05) is 12.1 Å². The van der Waals surface area contributed by atoms with Crippen molar-refractivity contribution >= 4 is 5.78 Å². The van der Waals surface area contributed by atoms with Gasteiger partial charge in [0, 0.05) is 37.3 Å². The zero-order chi connectivity index (χ0) is 28.4. The second-order valence-corrected chi connectivity index (χ2v) is 11.0. The van der Waals surface area contributed by atoms with Crippen molar-refractivity contribution in [1.29, 1.82) is 0 Å². The van der Waals surface area contributed by atoms with Crippen LogP contribution in [0, 0.1) is 5.82 Å². The molecule has 3 aromatic rings. The maximum Gasteiger partial charge on any atom is 0.397 e. The molecule has 0 fully saturated rings. The number of halogens is 4. The highest BCUT2D eigenvalue weighted by Gasteiger charge is 2.48. The molecular formula is C30H35F4N3O2. The number of pyridine rings is 1. The van der Waals surface area contributed by atoms with E-state index in [0.717, 1.165) is 38.4 Å². The maximum absolute atomic E-state index is 14.5. The molecule has 2 heterocycles. The van der Waals surface area contributed by atoms with E-state index in [4.69, 9.17) is 9.72 Å². The van der Waals surface area contributed by atoms with E-state index >= 15 is 0 Å². The molecule has 0 aliphatic heterocycles. The third-order valence-corrected chi connectivity index (χ3v) is 7.54. The van der Waals surface area contributed by atoms with Crippen LogP contribution in [0.15, 0.2) is 36.4 Å². The van der Waals surface area contributed by atoms with Crippen molar-refractivity contribution in [2.45, 2.75) is 83.2 Å². The predicted molar refractivity (Wildman–Crippen MR) is 141 cm³/mol. The Morgan fingerprint density at radius 3 is 2.54 bits per heavy atom. The van der Waals surface area contributed by atoms with Gasteiger partial charge in [-0.15, -0.1) is 0 Å². The fourth-order valence-corrected chi connectivity index (χ4v) is 5.05. The second kappa shape index (κ2) is 11.5. The average molecular weight is 546 g/mol. The summed E-state index contributed by atoms with van der Waals surface area (Å²) in [4.78, 5) is 16.8. The van der Waals surface area contributed by atoms with Gasteiger partial charge in [-0.2, -0.15) is 18.3 Å². The molecule has 0 spiro atoms. The minimum Gasteiger partial charge on any atom is -0.477 e. The fourth-order valence-electron chi connectivity index (χ4n) is 5.05. The van der Waals surface area contributed by atoms with E-state index in [1.54, 1.807) is 17.8 Å². The molecule has 1 aliphatic carbocycles. The Balaban J connectivity index is 1.48. The average Bonchev–Trinajstić information content (AvgIpc) is 3.20. The topological polar surface area (TPSA) is 57.0 Å². The van der Waals surface area contributed by atoms with Crippen molar-refractivity contribution in [2.75, 3.05) is 6.61 Å². The van der Waals surface area contributed by atoms with Crippen LogP contribution in [-0.4, -0.2) is 33.3 Å². The van der Waals surface area contributed by atoms with E-state index in [2.05, 4.69) is 11.2 Å². The number of alkyl halides is 3. The predicted octanol–water partition coefficient (Wildman–Crippen LogP) is 6.60. The van der Waals surface area contributed by atoms with E-state index in [1.807, 2.05) is 6.07 Å². The molecule has 0 amide bonds. The molecule has 4 rings (SSSR count). The molecule has 0 N–H and O–H groups in total. The van der Waals surface area contributed by atoms with Gasteiger partial charge in [-0.05, 0) is 93.7 Å². The zero-order valence-corrected chi connectivity index (χ0v) is 22.9. The van der Waals surface area contributed by atoms with Gasteiger partial charge >= 0.3 is 6.18 Å². The summed E-state index contributed by atoms with van der Waals surface area (Å²) >= 11 is 0. The summed E-state index contributed by atoms with van der Waals surface area (Å²) in [5.74, 6) is -0.925. The van der Waals surface area contributed by atoms with E-state index in [0.29, 0.717) is 30.2 Å². The molecule has 1 atom stereocenters. The summed E-state index contributed by atoms with van der Waals surface area (Å²) in [6, 6.07) is 9.43. The minimum absolute atomic E-state index is 0.0477. The van der Waals surface area contributed by atoms with E-state index in [1.165, 1.54) is 43.2 Å². The third-order valence-electron chi connectivity index (χ3n) is 7.54. The van der Waals surface area contributed by atoms with Gasteiger partial charge in [0.05, 0.1) is 17.7 Å². The van der Waals surface area contributed by atoms with Crippen LogP contribution in [0.2, 0.25) is 0 Å². The number of carbonyl (C=O) groups excluding carboxylic acids is 1. The number of Topliss-reactive ketones (excluding diaryl/α,β-unsaturated/α-hetero) is 1. The molecule has 0 bridgehead atoms. The summed E-state index contributed by atoms with van der Waals surface area (Å²) in [7, 11) is 1.74. The molecule has 0 radical (unpaired) electrons. The molecular weight excluding hydrogens is 510 g/mol. The van der Waals surface area contributed by atoms with Gasteiger partial charge in [0.25, 0.3) is 0 Å². The Morgan fingerprint density at radius 2 is 1.82 bits per heavy atom. The molecule has 1 aliphatic rings. The largest absolute Gasteiger partial charge is 0.477 e. The van der Waals surface area contributed by atoms with Crippen LogP contribution < -0.4 is 4.74 Å². The zero-order valence-electron chi connectivity index (χ0n) is 22.9. The van der Waals surface area contributed by atoms with E-state index in [-0.39, 0.29) is 24.2 Å². The van der Waals surface area contributed by atoms with Crippen molar-refractivity contribution in [3.8, 4) is 5.88 Å². The standard InChI is InChI=1S/C30H35F4N3O2/c1-19(38)13-21(22-14-23(17-24(31)15-22)29(2,3)30(32,33)34)16-26-18-28(37(4)36-26)39-12-11-25-10-9-20-7-5-6-8-27(20)35-25/h9-10,14-15,17-18,21H,5-8,11-13,16H2,1-4H3. The van der Waals surface area contributed by atoms with Gasteiger partial charge < -0.3 is 9.53 Å². The van der Waals surface area contributed by atoms with Crippen LogP contribution in [0.4, 0.5) is 17.6 Å². The molecule has 5 nitrogen and oxygen atoms in total. The Morgan fingerprint density at radius 1 is 1.08 bits per heavy atom. The van der Waals surface area contributed by atoms with Crippen LogP contribution in [-0.2, 0) is 42.9 Å². The van der Waals surface area contributed by atoms with Gasteiger partial charge in [0.15, 0.2) is 0 Å². The number of rotatable bonds is 10. The molecule has 1 unspecified atom stereocenters. The van der Waals surface area contributed by atoms with Gasteiger partial charge in [0.1, 0.15) is 11.6 Å². The minimum atomic E-state index is -4.56. The number of hydrogen-bond donors (Lipinski definition) is 0. The number of aromatic nitrogens is 3. The highest BCUT2D eigenvalue weighted by atomic mass is 19.4. The molecule has 2 aromatic heterocycles. The lowest BCUT2D eigenvalue weighted by atomic mass is 9.80. The lowest BCUT2D eigenvalue weighted by molar-refractivity contribution is -0.180. The molecule has 0 saturated heterocycles. The summed E-state index contributed by atoms with van der Waals surface area (Å²) < 4.78 is 63.1. The number of ketones is 1. The quantitative estimate of drug-likeness (QED) is 0.270. The first-order valence-electron chi connectivity index (χ1n) is 13.3. The number of nitrogens with zero attached hydrogens (tertiary/aromatic N) is 3. The highest BCUT2D eigenvalue weighted by molar-refractivity contribution is 5.76. The van der Waals surface area contributed by atoms with Gasteiger partial charge in [0.2, 0.25) is 5.88 Å².